The summed E-state index contributed by atoms with van der Waals surface area (Å²) < 4.78 is 14.3. The number of ether oxygens (including phenoxy) is 3. The van der Waals surface area contributed by atoms with Crippen molar-refractivity contribution in [1.29, 1.82) is 0 Å². The fourth-order valence-electron chi connectivity index (χ4n) is 0.860. The minimum Gasteiger partial charge on any atom is -0.466 e. The summed E-state index contributed by atoms with van der Waals surface area (Å²) in [6.45, 7) is 3.01. The average molecular weight is 202 g/mol. The first-order valence-corrected chi connectivity index (χ1v) is 4.65. The Kier molecular flexibility index (Phi) is 4.39. The molecule has 80 valence electrons. The molecule has 5 heteroatoms. The van der Waals surface area contributed by atoms with E-state index in [9.17, 15) is 9.59 Å². The standard InChI is InChI=1S/C9H14O5/c1-2-12-8(10)3-4-9(11)14-6-7-5-13-7/h7H,2-6H2,1H3. The van der Waals surface area contributed by atoms with Crippen LogP contribution in [-0.2, 0) is 23.8 Å². The summed E-state index contributed by atoms with van der Waals surface area (Å²) in [6.07, 6.45) is 0.227. The van der Waals surface area contributed by atoms with Gasteiger partial charge in [0.15, 0.2) is 0 Å². The van der Waals surface area contributed by atoms with Gasteiger partial charge < -0.3 is 14.2 Å². The molecule has 5 nitrogen and oxygen atoms in total. The molecule has 0 aliphatic carbocycles. The number of esters is 2. The summed E-state index contributed by atoms with van der Waals surface area (Å²) in [5, 5.41) is 0. The Balaban J connectivity index is 1.98. The molecule has 1 atom stereocenters. The Hall–Kier alpha value is -1.10. The molecule has 0 bridgehead atoms. The molecule has 1 fully saturated rings. The van der Waals surface area contributed by atoms with Crippen LogP contribution in [0.5, 0.6) is 0 Å². The first-order valence-electron chi connectivity index (χ1n) is 4.65. The van der Waals surface area contributed by atoms with Gasteiger partial charge in [-0.05, 0) is 6.92 Å². The van der Waals surface area contributed by atoms with Gasteiger partial charge in [0.1, 0.15) is 12.7 Å². The van der Waals surface area contributed by atoms with Crippen molar-refractivity contribution in [3.05, 3.63) is 0 Å². The molecule has 0 saturated carbocycles. The highest BCUT2D eigenvalue weighted by Gasteiger charge is 2.24. The van der Waals surface area contributed by atoms with Gasteiger partial charge in [-0.15, -0.1) is 0 Å². The van der Waals surface area contributed by atoms with E-state index >= 15 is 0 Å². The SMILES string of the molecule is CCOC(=O)CCC(=O)OCC1CO1. The van der Waals surface area contributed by atoms with Gasteiger partial charge in [0.25, 0.3) is 0 Å². The van der Waals surface area contributed by atoms with Gasteiger partial charge in [-0.25, -0.2) is 0 Å². The van der Waals surface area contributed by atoms with Crippen LogP contribution in [0.25, 0.3) is 0 Å². The predicted molar refractivity (Wildman–Crippen MR) is 46.6 cm³/mol. The van der Waals surface area contributed by atoms with Crippen molar-refractivity contribution >= 4 is 11.9 Å². The second-order valence-electron chi connectivity index (χ2n) is 2.94. The average Bonchev–Trinajstić information content (AvgIpc) is 2.95. The maximum Gasteiger partial charge on any atom is 0.306 e. The largest absolute Gasteiger partial charge is 0.466 e. The van der Waals surface area contributed by atoms with Crippen LogP contribution in [0.3, 0.4) is 0 Å². The van der Waals surface area contributed by atoms with Crippen LogP contribution in [0.2, 0.25) is 0 Å². The number of carbonyl (C=O) groups is 2. The molecule has 0 spiro atoms. The van der Waals surface area contributed by atoms with Crippen molar-refractivity contribution in [2.45, 2.75) is 25.9 Å². The normalized spacial score (nSPS) is 18.8. The maximum absolute atomic E-state index is 11.0. The molecular formula is C9H14O5. The monoisotopic (exact) mass is 202 g/mol. The van der Waals surface area contributed by atoms with Crippen molar-refractivity contribution in [2.75, 3.05) is 19.8 Å². The van der Waals surface area contributed by atoms with Gasteiger partial charge in [0.2, 0.25) is 0 Å². The smallest absolute Gasteiger partial charge is 0.306 e. The molecule has 0 radical (unpaired) electrons. The molecule has 0 aromatic carbocycles. The number of hydrogen-bond donors (Lipinski definition) is 0. The number of carbonyl (C=O) groups excluding carboxylic acids is 2. The zero-order chi connectivity index (χ0) is 10.4. The topological polar surface area (TPSA) is 65.1 Å². The van der Waals surface area contributed by atoms with Crippen LogP contribution in [0.15, 0.2) is 0 Å². The van der Waals surface area contributed by atoms with E-state index in [1.54, 1.807) is 6.92 Å². The highest BCUT2D eigenvalue weighted by molar-refractivity contribution is 5.77. The van der Waals surface area contributed by atoms with E-state index < -0.39 is 0 Å². The molecule has 1 heterocycles. The fourth-order valence-corrected chi connectivity index (χ4v) is 0.860. The van der Waals surface area contributed by atoms with Crippen LogP contribution in [-0.4, -0.2) is 37.9 Å². The Labute approximate surface area is 82.3 Å². The lowest BCUT2D eigenvalue weighted by Gasteiger charge is -2.02. The van der Waals surface area contributed by atoms with Crippen LogP contribution in [0, 0.1) is 0 Å². The summed E-state index contributed by atoms with van der Waals surface area (Å²) in [7, 11) is 0. The second kappa shape index (κ2) is 5.59. The number of epoxide rings is 1. The quantitative estimate of drug-likeness (QED) is 0.457. The first kappa shape index (κ1) is 11.0. The molecule has 14 heavy (non-hydrogen) atoms. The van der Waals surface area contributed by atoms with Crippen LogP contribution >= 0.6 is 0 Å². The lowest BCUT2D eigenvalue weighted by atomic mass is 10.3. The first-order chi connectivity index (χ1) is 6.72. The lowest BCUT2D eigenvalue weighted by Crippen LogP contribution is -2.12. The van der Waals surface area contributed by atoms with Crippen molar-refractivity contribution in [2.24, 2.45) is 0 Å². The summed E-state index contributed by atoms with van der Waals surface area (Å²) in [4.78, 5) is 21.8. The molecular weight excluding hydrogens is 188 g/mol. The number of rotatable bonds is 6. The molecule has 0 aromatic rings. The maximum atomic E-state index is 11.0. The minimum absolute atomic E-state index is 0.0709. The predicted octanol–water partition coefficient (Wildman–Crippen LogP) is 0.272. The third-order valence-electron chi connectivity index (χ3n) is 1.67. The van der Waals surface area contributed by atoms with E-state index in [-0.39, 0.29) is 30.9 Å². The van der Waals surface area contributed by atoms with Gasteiger partial charge >= 0.3 is 11.9 Å². The van der Waals surface area contributed by atoms with E-state index in [4.69, 9.17) is 9.47 Å². The lowest BCUT2D eigenvalue weighted by molar-refractivity contribution is -0.150. The van der Waals surface area contributed by atoms with E-state index in [1.165, 1.54) is 0 Å². The molecule has 0 amide bonds. The summed E-state index contributed by atoms with van der Waals surface area (Å²) in [5.41, 5.74) is 0. The van der Waals surface area contributed by atoms with Gasteiger partial charge in [-0.2, -0.15) is 0 Å². The van der Waals surface area contributed by atoms with Crippen molar-refractivity contribution in [3.8, 4) is 0 Å². The molecule has 1 saturated heterocycles. The molecule has 0 aromatic heterocycles. The van der Waals surface area contributed by atoms with E-state index in [1.807, 2.05) is 0 Å². The zero-order valence-corrected chi connectivity index (χ0v) is 8.15. The van der Waals surface area contributed by atoms with E-state index in [0.717, 1.165) is 0 Å². The summed E-state index contributed by atoms with van der Waals surface area (Å²) in [6, 6.07) is 0. The Morgan fingerprint density at radius 3 is 2.36 bits per heavy atom. The van der Waals surface area contributed by atoms with Crippen molar-refractivity contribution in [3.63, 3.8) is 0 Å². The fraction of sp³-hybridized carbons (Fsp3) is 0.778. The number of hydrogen-bond acceptors (Lipinski definition) is 5. The van der Waals surface area contributed by atoms with Crippen molar-refractivity contribution in [1.82, 2.24) is 0 Å². The summed E-state index contributed by atoms with van der Waals surface area (Å²) >= 11 is 0. The summed E-state index contributed by atoms with van der Waals surface area (Å²) in [5.74, 6) is -0.749. The Morgan fingerprint density at radius 2 is 1.86 bits per heavy atom. The van der Waals surface area contributed by atoms with Crippen LogP contribution in [0.1, 0.15) is 19.8 Å². The molecule has 1 rings (SSSR count). The third-order valence-corrected chi connectivity index (χ3v) is 1.67. The zero-order valence-electron chi connectivity index (χ0n) is 8.15. The Bertz CT molecular complexity index is 209. The second-order valence-corrected chi connectivity index (χ2v) is 2.94. The third kappa shape index (κ3) is 4.81. The minimum atomic E-state index is -0.381. The highest BCUT2D eigenvalue weighted by atomic mass is 16.6. The molecule has 0 N–H and O–H groups in total. The molecule has 1 aliphatic rings. The van der Waals surface area contributed by atoms with Crippen molar-refractivity contribution < 1.29 is 23.8 Å². The van der Waals surface area contributed by atoms with Crippen LogP contribution < -0.4 is 0 Å². The Morgan fingerprint density at radius 1 is 1.29 bits per heavy atom. The van der Waals surface area contributed by atoms with Crippen LogP contribution in [0.4, 0.5) is 0 Å². The highest BCUT2D eigenvalue weighted by Crippen LogP contribution is 2.09. The van der Waals surface area contributed by atoms with Gasteiger partial charge in [-0.1, -0.05) is 0 Å². The van der Waals surface area contributed by atoms with Gasteiger partial charge in [0, 0.05) is 0 Å². The van der Waals surface area contributed by atoms with E-state index in [2.05, 4.69) is 4.74 Å². The molecule has 1 unspecified atom stereocenters. The van der Waals surface area contributed by atoms with Gasteiger partial charge in [-0.3, -0.25) is 9.59 Å². The van der Waals surface area contributed by atoms with Gasteiger partial charge in [0.05, 0.1) is 26.1 Å². The van der Waals surface area contributed by atoms with E-state index in [0.29, 0.717) is 19.8 Å². The molecule has 1 aliphatic heterocycles.